The third-order valence-electron chi connectivity index (χ3n) is 2.75. The lowest BCUT2D eigenvalue weighted by atomic mass is 9.95. The molecule has 0 bridgehead atoms. The lowest BCUT2D eigenvalue weighted by Crippen LogP contribution is -2.22. The molecule has 0 aromatic carbocycles. The fraction of sp³-hybridized carbons (Fsp3) is 0.357. The van der Waals surface area contributed by atoms with Gasteiger partial charge in [-0.25, -0.2) is 4.98 Å². The van der Waals surface area contributed by atoms with Crippen LogP contribution in [0.25, 0.3) is 11.3 Å². The van der Waals surface area contributed by atoms with E-state index in [-0.39, 0.29) is 11.0 Å². The Kier molecular flexibility index (Phi) is 3.03. The topological polar surface area (TPSA) is 58.6 Å². The highest BCUT2D eigenvalue weighted by molar-refractivity contribution is 5.62. The molecule has 0 radical (unpaired) electrons. The van der Waals surface area contributed by atoms with Crippen LogP contribution in [0.3, 0.4) is 0 Å². The van der Waals surface area contributed by atoms with Crippen molar-refractivity contribution in [2.24, 2.45) is 0 Å². The molecule has 18 heavy (non-hydrogen) atoms. The molecule has 94 valence electrons. The Morgan fingerprint density at radius 2 is 2.00 bits per heavy atom. The van der Waals surface area contributed by atoms with Gasteiger partial charge in [-0.1, -0.05) is 20.8 Å². The van der Waals surface area contributed by atoms with Gasteiger partial charge in [-0.15, -0.1) is 0 Å². The molecule has 0 aliphatic carbocycles. The highest BCUT2D eigenvalue weighted by Gasteiger charge is 2.18. The molecular formula is C14H17N3O. The van der Waals surface area contributed by atoms with Gasteiger partial charge < -0.3 is 4.98 Å². The Bertz CT molecular complexity index is 623. The molecule has 0 spiro atoms. The fourth-order valence-corrected chi connectivity index (χ4v) is 1.71. The molecule has 0 unspecified atom stereocenters. The molecular weight excluding hydrogens is 226 g/mol. The van der Waals surface area contributed by atoms with Crippen molar-refractivity contribution in [2.75, 3.05) is 0 Å². The number of H-pyrrole nitrogens is 1. The summed E-state index contributed by atoms with van der Waals surface area (Å²) in [5, 5.41) is 0. The molecule has 1 N–H and O–H groups in total. The van der Waals surface area contributed by atoms with Crippen LogP contribution in [0.5, 0.6) is 0 Å². The zero-order valence-corrected chi connectivity index (χ0v) is 11.1. The maximum absolute atomic E-state index is 11.7. The van der Waals surface area contributed by atoms with Crippen molar-refractivity contribution < 1.29 is 0 Å². The molecule has 0 fully saturated rings. The Morgan fingerprint density at radius 3 is 2.61 bits per heavy atom. The molecule has 0 saturated heterocycles. The summed E-state index contributed by atoms with van der Waals surface area (Å²) in [5.41, 5.74) is 2.34. The van der Waals surface area contributed by atoms with Crippen LogP contribution in [-0.2, 0) is 5.41 Å². The summed E-state index contributed by atoms with van der Waals surface area (Å²) in [7, 11) is 0. The lowest BCUT2D eigenvalue weighted by Gasteiger charge is -2.17. The van der Waals surface area contributed by atoms with Gasteiger partial charge in [0.05, 0.1) is 5.69 Å². The SMILES string of the molecule is Cc1cnccc1-c1cc(=O)[nH]c(C(C)(C)C)n1. The van der Waals surface area contributed by atoms with E-state index in [4.69, 9.17) is 0 Å². The molecule has 0 aliphatic rings. The van der Waals surface area contributed by atoms with Gasteiger partial charge in [0, 0.05) is 29.4 Å². The first-order valence-electron chi connectivity index (χ1n) is 5.91. The molecule has 2 aromatic heterocycles. The minimum Gasteiger partial charge on any atom is -0.310 e. The van der Waals surface area contributed by atoms with Gasteiger partial charge in [-0.2, -0.15) is 0 Å². The maximum atomic E-state index is 11.7. The van der Waals surface area contributed by atoms with Crippen molar-refractivity contribution in [2.45, 2.75) is 33.1 Å². The average Bonchev–Trinajstić information content (AvgIpc) is 2.27. The van der Waals surface area contributed by atoms with Crippen molar-refractivity contribution in [3.8, 4) is 11.3 Å². The van der Waals surface area contributed by atoms with E-state index in [0.717, 1.165) is 11.1 Å². The van der Waals surface area contributed by atoms with Crippen LogP contribution in [0.1, 0.15) is 32.2 Å². The second kappa shape index (κ2) is 4.37. The number of pyridine rings is 1. The van der Waals surface area contributed by atoms with E-state index < -0.39 is 0 Å². The van der Waals surface area contributed by atoms with Crippen LogP contribution < -0.4 is 5.56 Å². The van der Waals surface area contributed by atoms with Gasteiger partial charge in [-0.05, 0) is 18.6 Å². The zero-order chi connectivity index (χ0) is 13.3. The number of aromatic amines is 1. The Morgan fingerprint density at radius 1 is 1.28 bits per heavy atom. The number of aryl methyl sites for hydroxylation is 1. The predicted molar refractivity (Wildman–Crippen MR) is 71.5 cm³/mol. The van der Waals surface area contributed by atoms with E-state index in [1.807, 2.05) is 33.8 Å². The van der Waals surface area contributed by atoms with Gasteiger partial charge in [0.1, 0.15) is 5.82 Å². The van der Waals surface area contributed by atoms with Crippen LogP contribution in [0.2, 0.25) is 0 Å². The highest BCUT2D eigenvalue weighted by Crippen LogP contribution is 2.22. The first kappa shape index (κ1) is 12.5. The van der Waals surface area contributed by atoms with Crippen LogP contribution >= 0.6 is 0 Å². The number of nitrogens with one attached hydrogen (secondary N) is 1. The second-order valence-electron chi connectivity index (χ2n) is 5.42. The molecule has 2 heterocycles. The van der Waals surface area contributed by atoms with Crippen LogP contribution in [0, 0.1) is 6.92 Å². The fourth-order valence-electron chi connectivity index (χ4n) is 1.71. The lowest BCUT2D eigenvalue weighted by molar-refractivity contribution is 0.543. The highest BCUT2D eigenvalue weighted by atomic mass is 16.1. The van der Waals surface area contributed by atoms with E-state index in [9.17, 15) is 4.79 Å². The number of hydrogen-bond acceptors (Lipinski definition) is 3. The summed E-state index contributed by atoms with van der Waals surface area (Å²) in [6, 6.07) is 3.40. The van der Waals surface area contributed by atoms with E-state index >= 15 is 0 Å². The molecule has 4 nitrogen and oxygen atoms in total. The van der Waals surface area contributed by atoms with Crippen molar-refractivity contribution in [3.05, 3.63) is 46.3 Å². The number of aromatic nitrogens is 3. The van der Waals surface area contributed by atoms with Gasteiger partial charge in [0.25, 0.3) is 5.56 Å². The summed E-state index contributed by atoms with van der Waals surface area (Å²) < 4.78 is 0. The monoisotopic (exact) mass is 243 g/mol. The van der Waals surface area contributed by atoms with Crippen molar-refractivity contribution >= 4 is 0 Å². The van der Waals surface area contributed by atoms with Crippen molar-refractivity contribution in [1.29, 1.82) is 0 Å². The van der Waals surface area contributed by atoms with Gasteiger partial charge in [0.2, 0.25) is 0 Å². The molecule has 4 heteroatoms. The van der Waals surface area contributed by atoms with E-state index in [1.54, 1.807) is 12.4 Å². The maximum Gasteiger partial charge on any atom is 0.251 e. The van der Waals surface area contributed by atoms with E-state index in [1.165, 1.54) is 6.07 Å². The summed E-state index contributed by atoms with van der Waals surface area (Å²) in [6.45, 7) is 8.03. The van der Waals surface area contributed by atoms with Crippen LogP contribution in [0.15, 0.2) is 29.3 Å². The van der Waals surface area contributed by atoms with Crippen LogP contribution in [0.4, 0.5) is 0 Å². The van der Waals surface area contributed by atoms with E-state index in [2.05, 4.69) is 15.0 Å². The summed E-state index contributed by atoms with van der Waals surface area (Å²) in [6.07, 6.45) is 3.48. The largest absolute Gasteiger partial charge is 0.310 e. The first-order chi connectivity index (χ1) is 8.38. The average molecular weight is 243 g/mol. The third-order valence-corrected chi connectivity index (χ3v) is 2.75. The summed E-state index contributed by atoms with van der Waals surface area (Å²) in [5.74, 6) is 0.696. The second-order valence-corrected chi connectivity index (χ2v) is 5.42. The zero-order valence-electron chi connectivity index (χ0n) is 11.1. The molecule has 2 aromatic rings. The predicted octanol–water partition coefficient (Wildman–Crippen LogP) is 2.44. The standard InChI is InChI=1S/C14H17N3O/c1-9-8-15-6-5-10(9)11-7-12(18)17-13(16-11)14(2,3)4/h5-8H,1-4H3,(H,16,17,18). The smallest absolute Gasteiger partial charge is 0.251 e. The number of rotatable bonds is 1. The molecule has 0 amide bonds. The molecule has 0 saturated carbocycles. The minimum atomic E-state index is -0.184. The quantitative estimate of drug-likeness (QED) is 0.836. The third kappa shape index (κ3) is 2.47. The van der Waals surface area contributed by atoms with Gasteiger partial charge >= 0.3 is 0 Å². The van der Waals surface area contributed by atoms with E-state index in [0.29, 0.717) is 11.5 Å². The summed E-state index contributed by atoms with van der Waals surface area (Å²) >= 11 is 0. The van der Waals surface area contributed by atoms with Gasteiger partial charge in [-0.3, -0.25) is 9.78 Å². The van der Waals surface area contributed by atoms with Crippen molar-refractivity contribution in [1.82, 2.24) is 15.0 Å². The number of hydrogen-bond donors (Lipinski definition) is 1. The van der Waals surface area contributed by atoms with Gasteiger partial charge in [0.15, 0.2) is 0 Å². The first-order valence-corrected chi connectivity index (χ1v) is 5.91. The van der Waals surface area contributed by atoms with Crippen molar-refractivity contribution in [3.63, 3.8) is 0 Å². The Hall–Kier alpha value is -1.97. The normalized spacial score (nSPS) is 11.6. The Labute approximate surface area is 106 Å². The molecule has 0 atom stereocenters. The summed E-state index contributed by atoms with van der Waals surface area (Å²) in [4.78, 5) is 23.1. The minimum absolute atomic E-state index is 0.124. The molecule has 0 aliphatic heterocycles. The van der Waals surface area contributed by atoms with Crippen LogP contribution in [-0.4, -0.2) is 15.0 Å². The Balaban J connectivity index is 2.63. The molecule has 2 rings (SSSR count). The number of nitrogens with zero attached hydrogens (tertiary/aromatic N) is 2.